The van der Waals surface area contributed by atoms with Crippen LogP contribution in [0.1, 0.15) is 19.4 Å². The van der Waals surface area contributed by atoms with Gasteiger partial charge in [0.1, 0.15) is 5.75 Å². The van der Waals surface area contributed by atoms with Crippen molar-refractivity contribution in [3.63, 3.8) is 0 Å². The third kappa shape index (κ3) is 3.23. The fraction of sp³-hybridized carbons (Fsp3) is 0.294. The van der Waals surface area contributed by atoms with E-state index in [1.807, 2.05) is 31.2 Å². The topological polar surface area (TPSA) is 35.5 Å². The van der Waals surface area contributed by atoms with Crippen LogP contribution in [0, 0.1) is 6.92 Å². The number of hydrogen-bond donors (Lipinski definition) is 2. The summed E-state index contributed by atoms with van der Waals surface area (Å²) < 4.78 is 0. The molecule has 3 heteroatoms. The van der Waals surface area contributed by atoms with Crippen molar-refractivity contribution in [1.82, 2.24) is 0 Å². The zero-order chi connectivity index (χ0) is 14.5. The van der Waals surface area contributed by atoms with Crippen molar-refractivity contribution in [1.29, 1.82) is 0 Å². The molecule has 0 bridgehead atoms. The number of rotatable bonds is 5. The highest BCUT2D eigenvalue weighted by atomic mass is 16.3. The number of phenols is 1. The Labute approximate surface area is 120 Å². The van der Waals surface area contributed by atoms with Crippen LogP contribution in [0.3, 0.4) is 0 Å². The average molecular weight is 270 g/mol. The number of nitrogens with one attached hydrogen (secondary N) is 1. The van der Waals surface area contributed by atoms with Gasteiger partial charge < -0.3 is 15.3 Å². The summed E-state index contributed by atoms with van der Waals surface area (Å²) in [5.41, 5.74) is 3.96. The van der Waals surface area contributed by atoms with Crippen LogP contribution < -0.4 is 10.2 Å². The molecule has 0 aliphatic heterocycles. The molecule has 2 N–H and O–H groups in total. The van der Waals surface area contributed by atoms with Crippen molar-refractivity contribution in [2.75, 3.05) is 23.3 Å². The lowest BCUT2D eigenvalue weighted by molar-refractivity contribution is 0.477. The summed E-state index contributed by atoms with van der Waals surface area (Å²) in [5, 5.41) is 13.1. The van der Waals surface area contributed by atoms with Crippen molar-refractivity contribution < 1.29 is 5.11 Å². The fourth-order valence-corrected chi connectivity index (χ4v) is 2.25. The highest BCUT2D eigenvalue weighted by molar-refractivity contribution is 5.67. The lowest BCUT2D eigenvalue weighted by Gasteiger charge is -2.21. The predicted molar refractivity (Wildman–Crippen MR) is 86.1 cm³/mol. The van der Waals surface area contributed by atoms with Crippen LogP contribution in [-0.2, 0) is 0 Å². The number of aromatic hydroxyl groups is 1. The Kier molecular flexibility index (Phi) is 4.51. The van der Waals surface area contributed by atoms with E-state index in [1.165, 1.54) is 5.69 Å². The highest BCUT2D eigenvalue weighted by Crippen LogP contribution is 2.28. The normalized spacial score (nSPS) is 10.3. The molecule has 0 radical (unpaired) electrons. The van der Waals surface area contributed by atoms with Crippen molar-refractivity contribution in [3.05, 3.63) is 48.0 Å². The van der Waals surface area contributed by atoms with Gasteiger partial charge >= 0.3 is 0 Å². The van der Waals surface area contributed by atoms with E-state index in [2.05, 4.69) is 36.2 Å². The first-order valence-electron chi connectivity index (χ1n) is 7.05. The second kappa shape index (κ2) is 6.33. The van der Waals surface area contributed by atoms with Gasteiger partial charge in [-0.1, -0.05) is 6.07 Å². The van der Waals surface area contributed by atoms with Crippen LogP contribution in [0.2, 0.25) is 0 Å². The van der Waals surface area contributed by atoms with Crippen molar-refractivity contribution in [2.45, 2.75) is 20.8 Å². The molecular formula is C17H22N2O. The number of nitrogens with zero attached hydrogens (tertiary/aromatic N) is 1. The molecule has 2 rings (SSSR count). The molecule has 0 heterocycles. The molecule has 3 nitrogen and oxygen atoms in total. The molecular weight excluding hydrogens is 248 g/mol. The van der Waals surface area contributed by atoms with Crippen molar-refractivity contribution >= 4 is 17.1 Å². The van der Waals surface area contributed by atoms with E-state index in [9.17, 15) is 5.11 Å². The van der Waals surface area contributed by atoms with Crippen LogP contribution in [-0.4, -0.2) is 18.2 Å². The maximum absolute atomic E-state index is 9.90. The van der Waals surface area contributed by atoms with Crippen LogP contribution >= 0.6 is 0 Å². The Morgan fingerprint density at radius 1 is 1.00 bits per heavy atom. The maximum atomic E-state index is 9.90. The molecule has 0 unspecified atom stereocenters. The van der Waals surface area contributed by atoms with Crippen LogP contribution in [0.25, 0.3) is 0 Å². The van der Waals surface area contributed by atoms with Gasteiger partial charge in [-0.3, -0.25) is 0 Å². The molecule has 0 spiro atoms. The Bertz CT molecular complexity index is 560. The van der Waals surface area contributed by atoms with Gasteiger partial charge in [0.25, 0.3) is 0 Å². The lowest BCUT2D eigenvalue weighted by Crippen LogP contribution is -2.21. The number of anilines is 3. The van der Waals surface area contributed by atoms with E-state index in [-0.39, 0.29) is 5.75 Å². The van der Waals surface area contributed by atoms with Crippen molar-refractivity contribution in [2.24, 2.45) is 0 Å². The summed E-state index contributed by atoms with van der Waals surface area (Å²) in [7, 11) is 0. The van der Waals surface area contributed by atoms with E-state index in [1.54, 1.807) is 6.07 Å². The Hall–Kier alpha value is -2.16. The Morgan fingerprint density at radius 3 is 2.20 bits per heavy atom. The molecule has 0 saturated heterocycles. The molecule has 0 aliphatic carbocycles. The summed E-state index contributed by atoms with van der Waals surface area (Å²) in [5.74, 6) is 0.276. The summed E-state index contributed by atoms with van der Waals surface area (Å²) in [6.45, 7) is 8.27. The SMILES string of the molecule is CCN(CC)c1ccc(Nc2ccc(C)cc2O)cc1. The zero-order valence-corrected chi connectivity index (χ0v) is 12.4. The van der Waals surface area contributed by atoms with E-state index in [4.69, 9.17) is 0 Å². The van der Waals surface area contributed by atoms with Gasteiger partial charge in [0.15, 0.2) is 0 Å². The molecule has 0 atom stereocenters. The largest absolute Gasteiger partial charge is 0.506 e. The summed E-state index contributed by atoms with van der Waals surface area (Å²) in [4.78, 5) is 2.30. The van der Waals surface area contributed by atoms with Gasteiger partial charge in [0, 0.05) is 24.5 Å². The van der Waals surface area contributed by atoms with Gasteiger partial charge in [-0.25, -0.2) is 0 Å². The lowest BCUT2D eigenvalue weighted by atomic mass is 10.2. The first-order chi connectivity index (χ1) is 9.63. The highest BCUT2D eigenvalue weighted by Gasteiger charge is 2.04. The molecule has 0 aliphatic rings. The zero-order valence-electron chi connectivity index (χ0n) is 12.4. The van der Waals surface area contributed by atoms with Gasteiger partial charge in [-0.05, 0) is 62.7 Å². The number of phenolic OH excluding ortho intramolecular Hbond substituents is 1. The summed E-state index contributed by atoms with van der Waals surface area (Å²) in [6.07, 6.45) is 0. The molecule has 20 heavy (non-hydrogen) atoms. The second-order valence-corrected chi connectivity index (χ2v) is 4.86. The number of benzene rings is 2. The monoisotopic (exact) mass is 270 g/mol. The second-order valence-electron chi connectivity index (χ2n) is 4.86. The predicted octanol–water partition coefficient (Wildman–Crippen LogP) is 4.29. The molecule has 2 aromatic rings. The summed E-state index contributed by atoms with van der Waals surface area (Å²) >= 11 is 0. The Morgan fingerprint density at radius 2 is 1.65 bits per heavy atom. The Balaban J connectivity index is 2.14. The molecule has 2 aromatic carbocycles. The molecule has 106 valence electrons. The third-order valence-corrected chi connectivity index (χ3v) is 3.43. The quantitative estimate of drug-likeness (QED) is 0.796. The standard InChI is InChI=1S/C17H22N2O/c1-4-19(5-2)15-9-7-14(8-10-15)18-16-11-6-13(3)12-17(16)20/h6-12,18,20H,4-5H2,1-3H3. The van der Waals surface area contributed by atoms with Crippen molar-refractivity contribution in [3.8, 4) is 5.75 Å². The van der Waals surface area contributed by atoms with E-state index in [0.29, 0.717) is 0 Å². The first-order valence-corrected chi connectivity index (χ1v) is 7.05. The minimum atomic E-state index is 0.276. The maximum Gasteiger partial charge on any atom is 0.139 e. The minimum Gasteiger partial charge on any atom is -0.506 e. The van der Waals surface area contributed by atoms with E-state index in [0.717, 1.165) is 30.0 Å². The first kappa shape index (κ1) is 14.3. The molecule has 0 fully saturated rings. The van der Waals surface area contributed by atoms with Gasteiger partial charge in [0.2, 0.25) is 0 Å². The molecule has 0 saturated carbocycles. The van der Waals surface area contributed by atoms with Crippen LogP contribution in [0.4, 0.5) is 17.1 Å². The van der Waals surface area contributed by atoms with Gasteiger partial charge in [0.05, 0.1) is 5.69 Å². The van der Waals surface area contributed by atoms with E-state index >= 15 is 0 Å². The third-order valence-electron chi connectivity index (χ3n) is 3.43. The van der Waals surface area contributed by atoms with Crippen LogP contribution in [0.5, 0.6) is 5.75 Å². The molecule has 0 amide bonds. The number of aryl methyl sites for hydroxylation is 1. The van der Waals surface area contributed by atoms with Crippen LogP contribution in [0.15, 0.2) is 42.5 Å². The van der Waals surface area contributed by atoms with Gasteiger partial charge in [-0.2, -0.15) is 0 Å². The summed E-state index contributed by atoms with van der Waals surface area (Å²) in [6, 6.07) is 13.9. The van der Waals surface area contributed by atoms with E-state index < -0.39 is 0 Å². The minimum absolute atomic E-state index is 0.276. The fourth-order valence-electron chi connectivity index (χ4n) is 2.25. The van der Waals surface area contributed by atoms with Gasteiger partial charge in [-0.15, -0.1) is 0 Å². The molecule has 0 aromatic heterocycles. The average Bonchev–Trinajstić information content (AvgIpc) is 2.45. The number of hydrogen-bond acceptors (Lipinski definition) is 3. The smallest absolute Gasteiger partial charge is 0.139 e.